The quantitative estimate of drug-likeness (QED) is 0.520. The first-order valence-electron chi connectivity index (χ1n) is 4.77. The lowest BCUT2D eigenvalue weighted by molar-refractivity contribution is -0.384. The first kappa shape index (κ1) is 12.1. The molecule has 0 aliphatic rings. The number of nitrogens with zero attached hydrogens (tertiary/aromatic N) is 3. The van der Waals surface area contributed by atoms with Crippen LogP contribution < -0.4 is 10.5 Å². The minimum absolute atomic E-state index is 0.0390. The molecule has 2 aromatic rings. The number of nitrogens with two attached hydrogens (primary N) is 1. The number of ether oxygens (including phenoxy) is 1. The molecule has 1 aromatic heterocycles. The number of anilines is 1. The molecule has 7 nitrogen and oxygen atoms in total. The molecule has 2 N–H and O–H groups in total. The maximum Gasteiger partial charge on any atom is 0.273 e. The van der Waals surface area contributed by atoms with E-state index in [9.17, 15) is 10.1 Å². The van der Waals surface area contributed by atoms with Crippen molar-refractivity contribution in [2.45, 2.75) is 0 Å². The zero-order valence-electron chi connectivity index (χ0n) is 8.91. The van der Waals surface area contributed by atoms with Gasteiger partial charge in [0, 0.05) is 12.1 Å². The van der Waals surface area contributed by atoms with Crippen molar-refractivity contribution in [1.82, 2.24) is 9.97 Å². The Kier molecular flexibility index (Phi) is 3.24. The first-order valence-corrected chi connectivity index (χ1v) is 5.15. The zero-order chi connectivity index (χ0) is 13.1. The predicted octanol–water partition coefficient (Wildman–Crippen LogP) is 2.41. The Balaban J connectivity index is 2.28. The lowest BCUT2D eigenvalue weighted by Gasteiger charge is -2.05. The van der Waals surface area contributed by atoms with E-state index in [-0.39, 0.29) is 28.4 Å². The molecule has 0 aliphatic heterocycles. The van der Waals surface area contributed by atoms with Crippen molar-refractivity contribution in [3.05, 3.63) is 45.6 Å². The second-order valence-electron chi connectivity index (χ2n) is 3.24. The average molecular weight is 267 g/mol. The highest BCUT2D eigenvalue weighted by Gasteiger charge is 2.08. The van der Waals surface area contributed by atoms with E-state index in [0.29, 0.717) is 0 Å². The second-order valence-corrected chi connectivity index (χ2v) is 3.63. The van der Waals surface area contributed by atoms with Crippen LogP contribution in [0.25, 0.3) is 0 Å². The number of non-ortho nitro benzene ring substituents is 1. The van der Waals surface area contributed by atoms with Crippen molar-refractivity contribution in [3.63, 3.8) is 0 Å². The van der Waals surface area contributed by atoms with Crippen LogP contribution in [0.4, 0.5) is 11.6 Å². The molecular formula is C10H7ClN4O3. The maximum atomic E-state index is 10.6. The molecule has 8 heteroatoms. The van der Waals surface area contributed by atoms with Crippen molar-refractivity contribution in [2.75, 3.05) is 5.73 Å². The number of hydrogen-bond acceptors (Lipinski definition) is 6. The highest BCUT2D eigenvalue weighted by molar-refractivity contribution is 6.29. The highest BCUT2D eigenvalue weighted by atomic mass is 35.5. The van der Waals surface area contributed by atoms with Crippen molar-refractivity contribution in [1.29, 1.82) is 0 Å². The molecule has 0 fully saturated rings. The Morgan fingerprint density at radius 2 is 2.11 bits per heavy atom. The monoisotopic (exact) mass is 266 g/mol. The molecule has 92 valence electrons. The number of halogens is 1. The molecule has 0 saturated heterocycles. The molecule has 1 heterocycles. The number of nitrogen functional groups attached to an aromatic ring is 1. The van der Waals surface area contributed by atoms with Gasteiger partial charge < -0.3 is 10.5 Å². The number of hydrogen-bond donors (Lipinski definition) is 1. The molecule has 1 aromatic carbocycles. The molecule has 18 heavy (non-hydrogen) atoms. The standard InChI is InChI=1S/C10H7ClN4O3/c11-8-5-9(14-10(12)13-8)18-7-3-1-2-6(4-7)15(16)17/h1-5H,(H2,12,13,14). The summed E-state index contributed by atoms with van der Waals surface area (Å²) < 4.78 is 5.31. The van der Waals surface area contributed by atoms with Crippen LogP contribution in [0.1, 0.15) is 0 Å². The summed E-state index contributed by atoms with van der Waals surface area (Å²) in [4.78, 5) is 17.5. The van der Waals surface area contributed by atoms with Crippen LogP contribution in [-0.2, 0) is 0 Å². The molecule has 0 saturated carbocycles. The molecule has 0 radical (unpaired) electrons. The molecule has 0 unspecified atom stereocenters. The normalized spacial score (nSPS) is 10.1. The van der Waals surface area contributed by atoms with Gasteiger partial charge in [0.1, 0.15) is 10.9 Å². The number of benzene rings is 1. The van der Waals surface area contributed by atoms with Crippen molar-refractivity contribution >= 4 is 23.2 Å². The third-order valence-electron chi connectivity index (χ3n) is 1.94. The minimum Gasteiger partial charge on any atom is -0.439 e. The van der Waals surface area contributed by atoms with Gasteiger partial charge >= 0.3 is 0 Å². The molecule has 0 amide bonds. The second kappa shape index (κ2) is 4.84. The van der Waals surface area contributed by atoms with Gasteiger partial charge in [-0.15, -0.1) is 0 Å². The number of nitro groups is 1. The Bertz CT molecular complexity index is 585. The Hall–Kier alpha value is -2.41. The van der Waals surface area contributed by atoms with E-state index < -0.39 is 4.92 Å². The summed E-state index contributed by atoms with van der Waals surface area (Å²) in [6.07, 6.45) is 0. The lowest BCUT2D eigenvalue weighted by Crippen LogP contribution is -1.97. The first-order chi connectivity index (χ1) is 8.54. The third kappa shape index (κ3) is 2.83. The smallest absolute Gasteiger partial charge is 0.273 e. The zero-order valence-corrected chi connectivity index (χ0v) is 9.66. The summed E-state index contributed by atoms with van der Waals surface area (Å²) in [6, 6.07) is 7.04. The van der Waals surface area contributed by atoms with Gasteiger partial charge in [-0.1, -0.05) is 17.7 Å². The van der Waals surface area contributed by atoms with Crippen LogP contribution in [-0.4, -0.2) is 14.9 Å². The molecular weight excluding hydrogens is 260 g/mol. The number of nitro benzene ring substituents is 1. The summed E-state index contributed by atoms with van der Waals surface area (Å²) >= 11 is 5.68. The van der Waals surface area contributed by atoms with Crippen LogP contribution in [0.5, 0.6) is 11.6 Å². The number of aromatic nitrogens is 2. The molecule has 0 spiro atoms. The largest absolute Gasteiger partial charge is 0.439 e. The van der Waals surface area contributed by atoms with Crippen molar-refractivity contribution in [3.8, 4) is 11.6 Å². The van der Waals surface area contributed by atoms with Gasteiger partial charge in [0.2, 0.25) is 11.8 Å². The van der Waals surface area contributed by atoms with E-state index in [2.05, 4.69) is 9.97 Å². The topological polar surface area (TPSA) is 104 Å². The van der Waals surface area contributed by atoms with E-state index in [0.717, 1.165) is 0 Å². The van der Waals surface area contributed by atoms with E-state index >= 15 is 0 Å². The fourth-order valence-electron chi connectivity index (χ4n) is 1.25. The summed E-state index contributed by atoms with van der Waals surface area (Å²) in [5.41, 5.74) is 5.31. The van der Waals surface area contributed by atoms with E-state index in [1.54, 1.807) is 6.07 Å². The summed E-state index contributed by atoms with van der Waals surface area (Å²) in [5.74, 6) is 0.342. The summed E-state index contributed by atoms with van der Waals surface area (Å²) in [5, 5.41) is 10.7. The average Bonchev–Trinajstić information content (AvgIpc) is 2.27. The van der Waals surface area contributed by atoms with E-state index in [1.807, 2.05) is 0 Å². The van der Waals surface area contributed by atoms with Gasteiger partial charge in [0.05, 0.1) is 11.0 Å². The van der Waals surface area contributed by atoms with Crippen molar-refractivity contribution < 1.29 is 9.66 Å². The summed E-state index contributed by atoms with van der Waals surface area (Å²) in [6.45, 7) is 0. The van der Waals surface area contributed by atoms with Gasteiger partial charge in [0.25, 0.3) is 5.69 Å². The predicted molar refractivity (Wildman–Crippen MR) is 64.6 cm³/mol. The van der Waals surface area contributed by atoms with Gasteiger partial charge in [-0.05, 0) is 6.07 Å². The van der Waals surface area contributed by atoms with Crippen LogP contribution >= 0.6 is 11.6 Å². The van der Waals surface area contributed by atoms with Gasteiger partial charge in [-0.2, -0.15) is 4.98 Å². The van der Waals surface area contributed by atoms with Gasteiger partial charge in [-0.25, -0.2) is 4.98 Å². The molecule has 0 atom stereocenters. The third-order valence-corrected chi connectivity index (χ3v) is 2.13. The van der Waals surface area contributed by atoms with Crippen LogP contribution in [0.2, 0.25) is 5.15 Å². The minimum atomic E-state index is -0.520. The summed E-state index contributed by atoms with van der Waals surface area (Å²) in [7, 11) is 0. The van der Waals surface area contributed by atoms with Gasteiger partial charge in [0.15, 0.2) is 0 Å². The molecule has 2 rings (SSSR count). The molecule has 0 aliphatic carbocycles. The van der Waals surface area contributed by atoms with Crippen LogP contribution in [0, 0.1) is 10.1 Å². The van der Waals surface area contributed by atoms with E-state index in [1.165, 1.54) is 24.3 Å². The molecule has 0 bridgehead atoms. The van der Waals surface area contributed by atoms with Crippen LogP contribution in [0.3, 0.4) is 0 Å². The Labute approximate surface area is 106 Å². The number of rotatable bonds is 3. The Morgan fingerprint density at radius 1 is 1.33 bits per heavy atom. The van der Waals surface area contributed by atoms with Crippen LogP contribution in [0.15, 0.2) is 30.3 Å². The fraction of sp³-hybridized carbons (Fsp3) is 0. The highest BCUT2D eigenvalue weighted by Crippen LogP contribution is 2.25. The fourth-order valence-corrected chi connectivity index (χ4v) is 1.43. The SMILES string of the molecule is Nc1nc(Cl)cc(Oc2cccc([N+](=O)[O-])c2)n1. The lowest BCUT2D eigenvalue weighted by atomic mass is 10.3. The maximum absolute atomic E-state index is 10.6. The Morgan fingerprint density at radius 3 is 2.78 bits per heavy atom. The van der Waals surface area contributed by atoms with E-state index in [4.69, 9.17) is 22.1 Å². The van der Waals surface area contributed by atoms with Gasteiger partial charge in [-0.3, -0.25) is 10.1 Å². The van der Waals surface area contributed by atoms with Crippen molar-refractivity contribution in [2.24, 2.45) is 0 Å².